The highest BCUT2D eigenvalue weighted by Gasteiger charge is 2.05. The Labute approximate surface area is 129 Å². The second kappa shape index (κ2) is 7.40. The predicted molar refractivity (Wildman–Crippen MR) is 85.0 cm³/mol. The highest BCUT2D eigenvalue weighted by atomic mass is 16.5. The number of carbonyl (C=O) groups excluding carboxylic acids is 1. The fourth-order valence-electron chi connectivity index (χ4n) is 2.00. The Bertz CT molecular complexity index is 659. The van der Waals surface area contributed by atoms with E-state index in [0.29, 0.717) is 6.61 Å². The average Bonchev–Trinajstić information content (AvgIpc) is 2.79. The van der Waals surface area contributed by atoms with Gasteiger partial charge in [-0.1, -0.05) is 0 Å². The van der Waals surface area contributed by atoms with Crippen molar-refractivity contribution >= 4 is 12.1 Å². The van der Waals surface area contributed by atoms with Crippen LogP contribution < -0.4 is 10.2 Å². The minimum atomic E-state index is -0.214. The summed E-state index contributed by atoms with van der Waals surface area (Å²) in [6, 6.07) is 9.41. The van der Waals surface area contributed by atoms with Crippen molar-refractivity contribution in [1.82, 2.24) is 15.2 Å². The van der Waals surface area contributed by atoms with Crippen molar-refractivity contribution < 1.29 is 9.53 Å². The van der Waals surface area contributed by atoms with E-state index in [9.17, 15) is 4.79 Å². The Hall–Kier alpha value is -2.63. The third-order valence-electron chi connectivity index (χ3n) is 2.99. The van der Waals surface area contributed by atoms with Gasteiger partial charge in [-0.05, 0) is 56.7 Å². The van der Waals surface area contributed by atoms with Crippen LogP contribution in [0.1, 0.15) is 23.9 Å². The Kier molecular flexibility index (Phi) is 5.30. The minimum absolute atomic E-state index is 0.153. The van der Waals surface area contributed by atoms with Gasteiger partial charge in [0.15, 0.2) is 0 Å². The molecule has 1 amide bonds. The summed E-state index contributed by atoms with van der Waals surface area (Å²) < 4.78 is 7.01. The van der Waals surface area contributed by atoms with E-state index in [1.54, 1.807) is 10.9 Å². The summed E-state index contributed by atoms with van der Waals surface area (Å²) in [5.74, 6) is 0.599. The molecule has 116 valence electrons. The van der Waals surface area contributed by atoms with Crippen LogP contribution in [0.4, 0.5) is 0 Å². The zero-order valence-corrected chi connectivity index (χ0v) is 13.0. The average molecular weight is 300 g/mol. The van der Waals surface area contributed by atoms with Gasteiger partial charge in [-0.15, -0.1) is 0 Å². The lowest BCUT2D eigenvalue weighted by Crippen LogP contribution is -2.24. The third kappa shape index (κ3) is 4.44. The van der Waals surface area contributed by atoms with Crippen molar-refractivity contribution in [1.29, 1.82) is 0 Å². The number of rotatable bonds is 6. The molecule has 2 rings (SSSR count). The first-order chi connectivity index (χ1) is 10.6. The summed E-state index contributed by atoms with van der Waals surface area (Å²) in [4.78, 5) is 11.8. The van der Waals surface area contributed by atoms with Crippen LogP contribution in [0.15, 0.2) is 35.4 Å². The number of nitrogens with zero attached hydrogens (tertiary/aromatic N) is 3. The Morgan fingerprint density at radius 2 is 2.09 bits per heavy atom. The molecule has 0 fully saturated rings. The van der Waals surface area contributed by atoms with Crippen LogP contribution in [0.5, 0.6) is 5.75 Å². The largest absolute Gasteiger partial charge is 0.494 e. The normalized spacial score (nSPS) is 10.9. The van der Waals surface area contributed by atoms with Crippen LogP contribution in [0.2, 0.25) is 0 Å². The van der Waals surface area contributed by atoms with Gasteiger partial charge in [-0.2, -0.15) is 10.2 Å². The van der Waals surface area contributed by atoms with E-state index in [2.05, 4.69) is 15.6 Å². The van der Waals surface area contributed by atoms with Gasteiger partial charge in [0, 0.05) is 5.69 Å². The number of aromatic nitrogens is 2. The summed E-state index contributed by atoms with van der Waals surface area (Å²) in [5, 5.41) is 8.18. The summed E-state index contributed by atoms with van der Waals surface area (Å²) in [5.41, 5.74) is 5.22. The van der Waals surface area contributed by atoms with E-state index >= 15 is 0 Å². The monoisotopic (exact) mass is 300 g/mol. The Balaban J connectivity index is 1.86. The second-order valence-corrected chi connectivity index (χ2v) is 4.88. The van der Waals surface area contributed by atoms with Gasteiger partial charge in [-0.25, -0.2) is 5.43 Å². The van der Waals surface area contributed by atoms with Crippen molar-refractivity contribution in [2.45, 2.75) is 27.3 Å². The van der Waals surface area contributed by atoms with E-state index in [4.69, 9.17) is 4.74 Å². The van der Waals surface area contributed by atoms with Crippen molar-refractivity contribution in [3.8, 4) is 5.75 Å². The Morgan fingerprint density at radius 3 is 2.68 bits per heavy atom. The zero-order valence-electron chi connectivity index (χ0n) is 13.0. The molecular formula is C16H20N4O2. The second-order valence-electron chi connectivity index (χ2n) is 4.88. The number of amides is 1. The number of benzene rings is 1. The van der Waals surface area contributed by atoms with Crippen LogP contribution in [0, 0.1) is 13.8 Å². The number of hydrogen-bond donors (Lipinski definition) is 1. The number of carbonyl (C=O) groups is 1. The molecule has 0 saturated carbocycles. The molecule has 1 N–H and O–H groups in total. The predicted octanol–water partition coefficient (Wildman–Crippen LogP) is 2.05. The molecule has 1 aromatic heterocycles. The summed E-state index contributed by atoms with van der Waals surface area (Å²) in [6.07, 6.45) is 1.59. The first-order valence-corrected chi connectivity index (χ1v) is 7.14. The topological polar surface area (TPSA) is 68.5 Å². The SMILES string of the molecule is CCOc1ccc(/C=N/NC(=O)Cn2nc(C)cc2C)cc1. The maximum atomic E-state index is 11.8. The first-order valence-electron chi connectivity index (χ1n) is 7.14. The summed E-state index contributed by atoms with van der Waals surface area (Å²) >= 11 is 0. The highest BCUT2D eigenvalue weighted by Crippen LogP contribution is 2.10. The number of nitrogens with one attached hydrogen (secondary N) is 1. The number of ether oxygens (including phenoxy) is 1. The van der Waals surface area contributed by atoms with Crippen molar-refractivity contribution in [2.75, 3.05) is 6.61 Å². The van der Waals surface area contributed by atoms with E-state index < -0.39 is 0 Å². The summed E-state index contributed by atoms with van der Waals surface area (Å²) in [7, 11) is 0. The maximum Gasteiger partial charge on any atom is 0.261 e. The quantitative estimate of drug-likeness (QED) is 0.656. The van der Waals surface area contributed by atoms with Crippen LogP contribution in [0.25, 0.3) is 0 Å². The van der Waals surface area contributed by atoms with Gasteiger partial charge in [-0.3, -0.25) is 9.48 Å². The molecule has 6 heteroatoms. The fourth-order valence-corrected chi connectivity index (χ4v) is 2.00. The van der Waals surface area contributed by atoms with E-state index in [-0.39, 0.29) is 12.5 Å². The molecule has 0 aliphatic heterocycles. The van der Waals surface area contributed by atoms with Gasteiger partial charge in [0.2, 0.25) is 0 Å². The van der Waals surface area contributed by atoms with E-state index in [0.717, 1.165) is 22.7 Å². The van der Waals surface area contributed by atoms with Gasteiger partial charge in [0.25, 0.3) is 5.91 Å². The number of aryl methyl sites for hydroxylation is 2. The molecule has 0 unspecified atom stereocenters. The maximum absolute atomic E-state index is 11.8. The van der Waals surface area contributed by atoms with E-state index in [1.807, 2.05) is 51.1 Å². The minimum Gasteiger partial charge on any atom is -0.494 e. The molecule has 6 nitrogen and oxygen atoms in total. The molecule has 1 heterocycles. The zero-order chi connectivity index (χ0) is 15.9. The van der Waals surface area contributed by atoms with Crippen LogP contribution >= 0.6 is 0 Å². The molecule has 0 bridgehead atoms. The molecule has 0 spiro atoms. The fraction of sp³-hybridized carbons (Fsp3) is 0.312. The molecule has 0 aliphatic rings. The van der Waals surface area contributed by atoms with Crippen molar-refractivity contribution in [3.05, 3.63) is 47.3 Å². The number of hydrazone groups is 1. The molecule has 1 aromatic carbocycles. The van der Waals surface area contributed by atoms with Gasteiger partial charge in [0.1, 0.15) is 12.3 Å². The van der Waals surface area contributed by atoms with Gasteiger partial charge in [0.05, 0.1) is 18.5 Å². The lowest BCUT2D eigenvalue weighted by Gasteiger charge is -2.03. The van der Waals surface area contributed by atoms with Gasteiger partial charge < -0.3 is 4.74 Å². The molecule has 0 atom stereocenters. The molecule has 22 heavy (non-hydrogen) atoms. The standard InChI is InChI=1S/C16H20N4O2/c1-4-22-15-7-5-14(6-8-15)10-17-18-16(21)11-20-13(3)9-12(2)19-20/h5-10H,4,11H2,1-3H3,(H,18,21)/b17-10+. The smallest absolute Gasteiger partial charge is 0.261 e. The molecule has 0 radical (unpaired) electrons. The molecule has 2 aromatic rings. The highest BCUT2D eigenvalue weighted by molar-refractivity contribution is 5.82. The van der Waals surface area contributed by atoms with Crippen molar-refractivity contribution in [3.63, 3.8) is 0 Å². The lowest BCUT2D eigenvalue weighted by molar-refractivity contribution is -0.121. The first kappa shape index (κ1) is 15.8. The lowest BCUT2D eigenvalue weighted by atomic mass is 10.2. The van der Waals surface area contributed by atoms with Crippen LogP contribution in [0.3, 0.4) is 0 Å². The van der Waals surface area contributed by atoms with Crippen LogP contribution in [-0.4, -0.2) is 28.5 Å². The molecular weight excluding hydrogens is 280 g/mol. The van der Waals surface area contributed by atoms with E-state index in [1.165, 1.54) is 0 Å². The van der Waals surface area contributed by atoms with Crippen molar-refractivity contribution in [2.24, 2.45) is 5.10 Å². The third-order valence-corrected chi connectivity index (χ3v) is 2.99. The molecule has 0 aliphatic carbocycles. The number of hydrogen-bond acceptors (Lipinski definition) is 4. The molecule has 0 saturated heterocycles. The van der Waals surface area contributed by atoms with Gasteiger partial charge >= 0.3 is 0 Å². The van der Waals surface area contributed by atoms with Crippen LogP contribution in [-0.2, 0) is 11.3 Å². The summed E-state index contributed by atoms with van der Waals surface area (Å²) in [6.45, 7) is 6.53. The Morgan fingerprint density at radius 1 is 1.36 bits per heavy atom.